The number of rotatable bonds is 4. The molecule has 0 bridgehead atoms. The third kappa shape index (κ3) is 3.01. The highest BCUT2D eigenvalue weighted by atomic mass is 35.5. The van der Waals surface area contributed by atoms with Crippen molar-refractivity contribution in [1.29, 1.82) is 0 Å². The molecule has 1 fully saturated rings. The van der Waals surface area contributed by atoms with Crippen LogP contribution in [0.15, 0.2) is 30.3 Å². The second kappa shape index (κ2) is 6.65. The zero-order chi connectivity index (χ0) is 14.7. The number of anilines is 1. The molecule has 1 heterocycles. The van der Waals surface area contributed by atoms with Crippen LogP contribution in [0.5, 0.6) is 0 Å². The van der Waals surface area contributed by atoms with Crippen molar-refractivity contribution in [3.8, 4) is 0 Å². The minimum Gasteiger partial charge on any atom is -0.354 e. The maximum atomic E-state index is 6.17. The molecule has 3 heteroatoms. The Morgan fingerprint density at radius 2 is 1.95 bits per heavy atom. The fraction of sp³-hybridized carbons (Fsp3) is 0.500. The van der Waals surface area contributed by atoms with Gasteiger partial charge in [-0.25, -0.2) is 4.98 Å². The van der Waals surface area contributed by atoms with Crippen LogP contribution in [0.3, 0.4) is 0 Å². The molecule has 0 spiro atoms. The lowest BCUT2D eigenvalue weighted by Gasteiger charge is -2.34. The normalized spacial score (nSPS) is 16.3. The average Bonchev–Trinajstić information content (AvgIpc) is 2.56. The Bertz CT molecular complexity index is 605. The molecule has 1 saturated carbocycles. The van der Waals surface area contributed by atoms with E-state index in [0.29, 0.717) is 11.9 Å². The smallest absolute Gasteiger partial charge is 0.129 e. The summed E-state index contributed by atoms with van der Waals surface area (Å²) in [5, 5.41) is 1.18. The van der Waals surface area contributed by atoms with Gasteiger partial charge >= 0.3 is 0 Å². The van der Waals surface area contributed by atoms with Gasteiger partial charge in [-0.1, -0.05) is 37.5 Å². The molecule has 1 aromatic heterocycles. The van der Waals surface area contributed by atoms with Crippen molar-refractivity contribution in [2.75, 3.05) is 11.4 Å². The Kier molecular flexibility index (Phi) is 4.64. The Hall–Kier alpha value is -1.28. The average molecular weight is 303 g/mol. The highest BCUT2D eigenvalue weighted by Gasteiger charge is 2.21. The number of aromatic nitrogens is 1. The van der Waals surface area contributed by atoms with Crippen LogP contribution in [-0.2, 0) is 5.88 Å². The van der Waals surface area contributed by atoms with Crippen LogP contribution in [0.25, 0.3) is 10.9 Å². The van der Waals surface area contributed by atoms with Crippen molar-refractivity contribution in [3.05, 3.63) is 35.9 Å². The molecule has 2 aromatic rings. The predicted molar refractivity (Wildman–Crippen MR) is 91.2 cm³/mol. The van der Waals surface area contributed by atoms with Crippen molar-refractivity contribution < 1.29 is 0 Å². The minimum atomic E-state index is 0.540. The minimum absolute atomic E-state index is 0.540. The number of nitrogens with zero attached hydrogens (tertiary/aromatic N) is 2. The number of alkyl halides is 1. The van der Waals surface area contributed by atoms with E-state index in [0.717, 1.165) is 17.9 Å². The van der Waals surface area contributed by atoms with E-state index < -0.39 is 0 Å². The van der Waals surface area contributed by atoms with Gasteiger partial charge in [0.2, 0.25) is 0 Å². The van der Waals surface area contributed by atoms with E-state index in [9.17, 15) is 0 Å². The van der Waals surface area contributed by atoms with Crippen LogP contribution in [-0.4, -0.2) is 17.6 Å². The van der Waals surface area contributed by atoms with Gasteiger partial charge in [-0.05, 0) is 37.5 Å². The first kappa shape index (κ1) is 14.6. The van der Waals surface area contributed by atoms with Gasteiger partial charge in [0.05, 0.1) is 5.52 Å². The van der Waals surface area contributed by atoms with Crippen LogP contribution in [0.2, 0.25) is 0 Å². The van der Waals surface area contributed by atoms with Gasteiger partial charge in [0.25, 0.3) is 0 Å². The highest BCUT2D eigenvalue weighted by Crippen LogP contribution is 2.29. The number of hydrogen-bond acceptors (Lipinski definition) is 2. The largest absolute Gasteiger partial charge is 0.354 e. The SMILES string of the molecule is CCN(c1cc(CCl)c2ccccc2n1)C1CCCCC1. The molecule has 1 aliphatic carbocycles. The Balaban J connectivity index is 2.01. The van der Waals surface area contributed by atoms with Gasteiger partial charge in [-0.3, -0.25) is 0 Å². The monoisotopic (exact) mass is 302 g/mol. The third-order valence-electron chi connectivity index (χ3n) is 4.58. The van der Waals surface area contributed by atoms with Gasteiger partial charge in [0.15, 0.2) is 0 Å². The molecule has 3 rings (SSSR count). The molecule has 2 nitrogen and oxygen atoms in total. The molecule has 112 valence electrons. The van der Waals surface area contributed by atoms with E-state index in [1.54, 1.807) is 0 Å². The van der Waals surface area contributed by atoms with Crippen LogP contribution < -0.4 is 4.90 Å². The van der Waals surface area contributed by atoms with E-state index >= 15 is 0 Å². The van der Waals surface area contributed by atoms with Crippen molar-refractivity contribution in [2.45, 2.75) is 50.9 Å². The van der Waals surface area contributed by atoms with Crippen molar-refractivity contribution >= 4 is 28.3 Å². The number of hydrogen-bond donors (Lipinski definition) is 0. The summed E-state index contributed by atoms with van der Waals surface area (Å²) in [6.07, 6.45) is 6.65. The summed E-state index contributed by atoms with van der Waals surface area (Å²) >= 11 is 6.17. The molecule has 0 unspecified atom stereocenters. The molecule has 1 aromatic carbocycles. The van der Waals surface area contributed by atoms with E-state index in [1.165, 1.54) is 43.1 Å². The van der Waals surface area contributed by atoms with Crippen molar-refractivity contribution in [2.24, 2.45) is 0 Å². The first-order valence-corrected chi connectivity index (χ1v) is 8.58. The predicted octanol–water partition coefficient (Wildman–Crippen LogP) is 5.13. The van der Waals surface area contributed by atoms with E-state index in [2.05, 4.69) is 36.1 Å². The van der Waals surface area contributed by atoms with Gasteiger partial charge in [-0.2, -0.15) is 0 Å². The molecular weight excluding hydrogens is 280 g/mol. The van der Waals surface area contributed by atoms with E-state index in [1.807, 2.05) is 6.07 Å². The molecule has 0 N–H and O–H groups in total. The summed E-state index contributed by atoms with van der Waals surface area (Å²) in [6, 6.07) is 11.1. The highest BCUT2D eigenvalue weighted by molar-refractivity contribution is 6.18. The van der Waals surface area contributed by atoms with Gasteiger partial charge < -0.3 is 4.90 Å². The van der Waals surface area contributed by atoms with E-state index in [4.69, 9.17) is 16.6 Å². The fourth-order valence-corrected chi connectivity index (χ4v) is 3.71. The van der Waals surface area contributed by atoms with Crippen LogP contribution in [0.1, 0.15) is 44.6 Å². The molecule has 0 aliphatic heterocycles. The first-order chi connectivity index (χ1) is 10.3. The zero-order valence-electron chi connectivity index (χ0n) is 12.7. The second-order valence-electron chi connectivity index (χ2n) is 5.87. The summed E-state index contributed by atoms with van der Waals surface area (Å²) in [7, 11) is 0. The van der Waals surface area contributed by atoms with Crippen LogP contribution >= 0.6 is 11.6 Å². The lowest BCUT2D eigenvalue weighted by molar-refractivity contribution is 0.416. The van der Waals surface area contributed by atoms with Gasteiger partial charge in [0.1, 0.15) is 5.82 Å². The topological polar surface area (TPSA) is 16.1 Å². The van der Waals surface area contributed by atoms with Crippen LogP contribution in [0, 0.1) is 0 Å². The number of benzene rings is 1. The van der Waals surface area contributed by atoms with Crippen molar-refractivity contribution in [3.63, 3.8) is 0 Å². The van der Waals surface area contributed by atoms with E-state index in [-0.39, 0.29) is 0 Å². The molecule has 21 heavy (non-hydrogen) atoms. The lowest BCUT2D eigenvalue weighted by atomic mass is 9.94. The number of halogens is 1. The molecule has 0 amide bonds. The zero-order valence-corrected chi connectivity index (χ0v) is 13.4. The van der Waals surface area contributed by atoms with Gasteiger partial charge in [-0.15, -0.1) is 11.6 Å². The standard InChI is InChI=1S/C18H23ClN2/c1-2-21(15-8-4-3-5-9-15)18-12-14(13-19)16-10-6-7-11-17(16)20-18/h6-7,10-12,15H,2-5,8-9,13H2,1H3. The summed E-state index contributed by atoms with van der Waals surface area (Å²) in [6.45, 7) is 3.24. The Labute approximate surface area is 132 Å². The lowest BCUT2D eigenvalue weighted by Crippen LogP contribution is -2.37. The number of para-hydroxylation sites is 1. The Morgan fingerprint density at radius 3 is 2.67 bits per heavy atom. The molecule has 0 radical (unpaired) electrons. The quantitative estimate of drug-likeness (QED) is 0.728. The summed E-state index contributed by atoms with van der Waals surface area (Å²) in [5.41, 5.74) is 2.24. The maximum Gasteiger partial charge on any atom is 0.129 e. The van der Waals surface area contributed by atoms with Crippen LogP contribution in [0.4, 0.5) is 5.82 Å². The first-order valence-electron chi connectivity index (χ1n) is 8.04. The molecular formula is C18H23ClN2. The summed E-state index contributed by atoms with van der Waals surface area (Å²) < 4.78 is 0. The summed E-state index contributed by atoms with van der Waals surface area (Å²) in [5.74, 6) is 1.64. The summed E-state index contributed by atoms with van der Waals surface area (Å²) in [4.78, 5) is 7.37. The molecule has 1 aliphatic rings. The molecule has 0 saturated heterocycles. The number of fused-ring (bicyclic) bond motifs is 1. The molecule has 0 atom stereocenters. The number of pyridine rings is 1. The maximum absolute atomic E-state index is 6.17. The fourth-order valence-electron chi connectivity index (χ4n) is 3.49. The Morgan fingerprint density at radius 1 is 1.19 bits per heavy atom. The second-order valence-corrected chi connectivity index (χ2v) is 6.14. The van der Waals surface area contributed by atoms with Crippen molar-refractivity contribution in [1.82, 2.24) is 4.98 Å². The van der Waals surface area contributed by atoms with Gasteiger partial charge in [0, 0.05) is 23.9 Å². The third-order valence-corrected chi connectivity index (χ3v) is 4.87.